The largest absolute Gasteiger partial charge is 0.475 e. The lowest BCUT2D eigenvalue weighted by atomic mass is 10.8. The molecule has 5 nitrogen and oxygen atoms in total. The van der Waals surface area contributed by atoms with Crippen LogP contribution < -0.4 is 0 Å². The molecule has 0 bridgehead atoms. The molecular formula is C5H11O5PS. The number of hydrogen-bond donors (Lipinski definition) is 0. The van der Waals surface area contributed by atoms with Crippen LogP contribution in [0.15, 0.2) is 0 Å². The van der Waals surface area contributed by atoms with Crippen molar-refractivity contribution in [1.29, 1.82) is 0 Å². The molecule has 1 unspecified atom stereocenters. The van der Waals surface area contributed by atoms with Crippen molar-refractivity contribution < 1.29 is 22.3 Å². The Morgan fingerprint density at radius 1 is 1.50 bits per heavy atom. The van der Waals surface area contributed by atoms with E-state index in [0.29, 0.717) is 5.75 Å². The molecule has 0 amide bonds. The number of rotatable bonds is 4. The Balaban J connectivity index is 2.30. The van der Waals surface area contributed by atoms with Crippen LogP contribution in [0.3, 0.4) is 0 Å². The van der Waals surface area contributed by atoms with Gasteiger partial charge in [-0.25, -0.2) is 4.57 Å². The van der Waals surface area contributed by atoms with Crippen molar-refractivity contribution in [2.45, 2.75) is 6.92 Å². The van der Waals surface area contributed by atoms with Gasteiger partial charge in [0.25, 0.3) is 0 Å². The number of hydrogen-bond acceptors (Lipinski definition) is 5. The summed E-state index contributed by atoms with van der Waals surface area (Å²) in [5.41, 5.74) is 0. The maximum atomic E-state index is 11.2. The monoisotopic (exact) mass is 214 g/mol. The Hall–Kier alpha value is 0.260. The summed E-state index contributed by atoms with van der Waals surface area (Å²) >= 11 is 0. The maximum absolute atomic E-state index is 11.2. The first-order chi connectivity index (χ1) is 5.66. The van der Waals surface area contributed by atoms with E-state index >= 15 is 0 Å². The van der Waals surface area contributed by atoms with Gasteiger partial charge in [0, 0.05) is 16.6 Å². The first-order valence-electron chi connectivity index (χ1n) is 3.55. The van der Waals surface area contributed by atoms with Crippen molar-refractivity contribution in [1.82, 2.24) is 0 Å². The van der Waals surface area contributed by atoms with Crippen LogP contribution >= 0.6 is 7.82 Å². The van der Waals surface area contributed by atoms with Crippen LogP contribution in [0.5, 0.6) is 0 Å². The van der Waals surface area contributed by atoms with Gasteiger partial charge >= 0.3 is 7.82 Å². The second kappa shape index (κ2) is 4.48. The molecule has 1 saturated heterocycles. The molecule has 12 heavy (non-hydrogen) atoms. The third kappa shape index (κ3) is 2.95. The molecule has 0 aliphatic carbocycles. The standard InChI is InChI=1S/C5H11O5PS/c1-2-12(7)5-10-11(6)8-3-4-9-11/h2-5H2,1H3. The number of phosphoric ester groups is 1. The molecule has 1 atom stereocenters. The molecule has 1 fully saturated rings. The van der Waals surface area contributed by atoms with Gasteiger partial charge in [-0.1, -0.05) is 6.92 Å². The Morgan fingerprint density at radius 3 is 2.58 bits per heavy atom. The van der Waals surface area contributed by atoms with Crippen molar-refractivity contribution in [3.8, 4) is 0 Å². The predicted molar refractivity (Wildman–Crippen MR) is 44.1 cm³/mol. The lowest BCUT2D eigenvalue weighted by Crippen LogP contribution is -2.02. The topological polar surface area (TPSA) is 61.8 Å². The molecule has 0 saturated carbocycles. The molecule has 0 N–H and O–H groups in total. The van der Waals surface area contributed by atoms with Gasteiger partial charge in [-0.15, -0.1) is 0 Å². The fourth-order valence-corrected chi connectivity index (χ4v) is 2.59. The third-order valence-corrected chi connectivity index (χ3v) is 3.89. The van der Waals surface area contributed by atoms with E-state index in [-0.39, 0.29) is 19.2 Å². The number of phosphoric acid groups is 1. The van der Waals surface area contributed by atoms with Gasteiger partial charge in [-0.2, -0.15) is 0 Å². The highest BCUT2D eigenvalue weighted by atomic mass is 32.2. The van der Waals surface area contributed by atoms with Gasteiger partial charge in [-0.3, -0.25) is 17.8 Å². The highest BCUT2D eigenvalue weighted by molar-refractivity contribution is 7.84. The van der Waals surface area contributed by atoms with Gasteiger partial charge < -0.3 is 0 Å². The van der Waals surface area contributed by atoms with Gasteiger partial charge in [0.15, 0.2) is 0 Å². The van der Waals surface area contributed by atoms with Crippen LogP contribution in [0.25, 0.3) is 0 Å². The van der Waals surface area contributed by atoms with E-state index < -0.39 is 18.6 Å². The van der Waals surface area contributed by atoms with E-state index in [0.717, 1.165) is 0 Å². The highest BCUT2D eigenvalue weighted by Gasteiger charge is 2.32. The Bertz CT molecular complexity index is 208. The Morgan fingerprint density at radius 2 is 2.08 bits per heavy atom. The summed E-state index contributed by atoms with van der Waals surface area (Å²) in [5.74, 6) is 0.383. The van der Waals surface area contributed by atoms with Crippen LogP contribution in [-0.2, 0) is 28.9 Å². The second-order valence-corrected chi connectivity index (χ2v) is 5.45. The molecule has 1 aliphatic heterocycles. The fourth-order valence-electron chi connectivity index (χ4n) is 0.617. The van der Waals surface area contributed by atoms with Gasteiger partial charge in [0.1, 0.15) is 5.94 Å². The summed E-state index contributed by atoms with van der Waals surface area (Å²) in [6, 6.07) is 0. The third-order valence-electron chi connectivity index (χ3n) is 1.25. The van der Waals surface area contributed by atoms with Crippen LogP contribution in [0.4, 0.5) is 0 Å². The first kappa shape index (κ1) is 10.3. The maximum Gasteiger partial charge on any atom is 0.475 e. The molecular weight excluding hydrogens is 203 g/mol. The fraction of sp³-hybridized carbons (Fsp3) is 1.00. The molecule has 1 aliphatic rings. The van der Waals surface area contributed by atoms with E-state index in [2.05, 4.69) is 0 Å². The molecule has 0 aromatic rings. The molecule has 0 aromatic carbocycles. The summed E-state index contributed by atoms with van der Waals surface area (Å²) in [6.07, 6.45) is 0. The van der Waals surface area contributed by atoms with E-state index in [4.69, 9.17) is 13.6 Å². The van der Waals surface area contributed by atoms with Crippen molar-refractivity contribution in [2.75, 3.05) is 24.9 Å². The average molecular weight is 214 g/mol. The summed E-state index contributed by atoms with van der Waals surface area (Å²) in [7, 11) is -4.43. The van der Waals surface area contributed by atoms with Crippen molar-refractivity contribution >= 4 is 18.6 Å². The van der Waals surface area contributed by atoms with E-state index in [1.165, 1.54) is 0 Å². The summed E-state index contributed by atoms with van der Waals surface area (Å²) < 4.78 is 36.3. The van der Waals surface area contributed by atoms with Gasteiger partial charge in [0.2, 0.25) is 0 Å². The smallest absolute Gasteiger partial charge is 0.284 e. The molecule has 0 radical (unpaired) electrons. The van der Waals surface area contributed by atoms with Crippen LogP contribution in [0, 0.1) is 0 Å². The summed E-state index contributed by atoms with van der Waals surface area (Å²) in [5, 5.41) is 0. The highest BCUT2D eigenvalue weighted by Crippen LogP contribution is 2.52. The molecule has 1 heterocycles. The normalized spacial score (nSPS) is 24.1. The average Bonchev–Trinajstić information content (AvgIpc) is 2.49. The minimum atomic E-state index is -3.33. The van der Waals surface area contributed by atoms with Gasteiger partial charge in [0.05, 0.1) is 13.2 Å². The second-order valence-electron chi connectivity index (χ2n) is 2.09. The van der Waals surface area contributed by atoms with Crippen molar-refractivity contribution in [3.63, 3.8) is 0 Å². The minimum absolute atomic E-state index is 0.0895. The zero-order valence-electron chi connectivity index (χ0n) is 6.73. The van der Waals surface area contributed by atoms with Crippen LogP contribution in [-0.4, -0.2) is 29.1 Å². The summed E-state index contributed by atoms with van der Waals surface area (Å²) in [4.78, 5) is 0. The SMILES string of the molecule is CCS(=O)COP1(=O)OCCO1. The van der Waals surface area contributed by atoms with E-state index in [1.54, 1.807) is 6.92 Å². The predicted octanol–water partition coefficient (Wildman–Crippen LogP) is 0.884. The van der Waals surface area contributed by atoms with Crippen LogP contribution in [0.2, 0.25) is 0 Å². The molecule has 1 rings (SSSR count). The van der Waals surface area contributed by atoms with E-state index in [9.17, 15) is 8.77 Å². The summed E-state index contributed by atoms with van der Waals surface area (Å²) in [6.45, 7) is 2.30. The quantitative estimate of drug-likeness (QED) is 0.650. The molecule has 7 heteroatoms. The van der Waals surface area contributed by atoms with E-state index in [1.807, 2.05) is 0 Å². The Labute approximate surface area is 73.5 Å². The zero-order valence-corrected chi connectivity index (χ0v) is 8.44. The zero-order chi connectivity index (χ0) is 9.03. The van der Waals surface area contributed by atoms with Crippen molar-refractivity contribution in [3.05, 3.63) is 0 Å². The Kier molecular flexibility index (Phi) is 3.86. The molecule has 0 aromatic heterocycles. The molecule has 0 spiro atoms. The molecule has 72 valence electrons. The lowest BCUT2D eigenvalue weighted by Gasteiger charge is -2.07. The van der Waals surface area contributed by atoms with Crippen molar-refractivity contribution in [2.24, 2.45) is 0 Å². The first-order valence-corrected chi connectivity index (χ1v) is 6.50. The minimum Gasteiger partial charge on any atom is -0.284 e. The van der Waals surface area contributed by atoms with Gasteiger partial charge in [-0.05, 0) is 0 Å². The van der Waals surface area contributed by atoms with Crippen LogP contribution in [0.1, 0.15) is 6.92 Å². The lowest BCUT2D eigenvalue weighted by molar-refractivity contribution is 0.217.